The maximum absolute atomic E-state index is 10.6. The Bertz CT molecular complexity index is 350. The van der Waals surface area contributed by atoms with Crippen LogP contribution in [0, 0.1) is 20.2 Å². The van der Waals surface area contributed by atoms with Crippen LogP contribution in [0.15, 0.2) is 0 Å². The van der Waals surface area contributed by atoms with Crippen LogP contribution in [0.3, 0.4) is 0 Å². The fourth-order valence-electron chi connectivity index (χ4n) is 1.75. The van der Waals surface area contributed by atoms with Crippen molar-refractivity contribution in [2.45, 2.75) is 24.9 Å². The molecule has 0 aromatic heterocycles. The van der Waals surface area contributed by atoms with Gasteiger partial charge in [0.25, 0.3) is 5.54 Å². The molecule has 1 aliphatic rings. The van der Waals surface area contributed by atoms with E-state index < -0.39 is 36.3 Å². The largest absolute Gasteiger partial charge is 0.389 e. The third-order valence-electron chi connectivity index (χ3n) is 3.61. The number of rotatable bonds is 8. The zero-order chi connectivity index (χ0) is 17.9. The van der Waals surface area contributed by atoms with Gasteiger partial charge in [-0.1, -0.05) is 6.92 Å². The van der Waals surface area contributed by atoms with E-state index in [-0.39, 0.29) is 4.92 Å². The molecule has 3 N–H and O–H groups in total. The maximum atomic E-state index is 10.6. The Hall–Kier alpha value is -1.40. The number of ether oxygens (including phenoxy) is 1. The van der Waals surface area contributed by atoms with Gasteiger partial charge in [0.05, 0.1) is 19.8 Å². The minimum atomic E-state index is -1.99. The Morgan fingerprint density at radius 1 is 1.13 bits per heavy atom. The summed E-state index contributed by atoms with van der Waals surface area (Å²) in [4.78, 5) is 21.6. The Morgan fingerprint density at radius 3 is 1.87 bits per heavy atom. The zero-order valence-corrected chi connectivity index (χ0v) is 13.2. The summed E-state index contributed by atoms with van der Waals surface area (Å²) in [6.45, 7) is 2.87. The summed E-state index contributed by atoms with van der Waals surface area (Å²) in [6.07, 6.45) is 0.602. The van der Waals surface area contributed by atoms with E-state index in [1.807, 2.05) is 6.92 Å². The highest BCUT2D eigenvalue weighted by Crippen LogP contribution is 2.06. The van der Waals surface area contributed by atoms with Crippen molar-refractivity contribution in [1.29, 1.82) is 0 Å². The molecule has 0 saturated carbocycles. The lowest BCUT2D eigenvalue weighted by Gasteiger charge is -2.27. The first kappa shape index (κ1) is 21.6. The van der Waals surface area contributed by atoms with E-state index in [9.17, 15) is 20.2 Å². The monoisotopic (exact) mass is 339 g/mol. The molecule has 0 aromatic carbocycles. The van der Waals surface area contributed by atoms with Gasteiger partial charge in [-0.05, 0) is 0 Å². The molecule has 23 heavy (non-hydrogen) atoms. The first-order valence-electron chi connectivity index (χ1n) is 7.27. The second kappa shape index (κ2) is 11.2. The number of hydrogen-bond acceptors (Lipinski definition) is 9. The smallest absolute Gasteiger partial charge is 0.289 e. The van der Waals surface area contributed by atoms with Crippen molar-refractivity contribution in [3.8, 4) is 0 Å². The number of aliphatic hydroxyl groups excluding tert-OH is 3. The first-order valence-corrected chi connectivity index (χ1v) is 7.27. The van der Waals surface area contributed by atoms with Crippen LogP contribution in [0.5, 0.6) is 0 Å². The standard InChI is InChI=1S/C8H16N2O3.C4H9NO5/c1-2-8(10(11)12)7-9-3-5-13-6-4-9;6-1-4(2-7,3-8)5(9)10/h8H,2-7H2,1H3;6-8H,1-3H2. The van der Waals surface area contributed by atoms with Gasteiger partial charge in [0.1, 0.15) is 19.8 Å². The maximum Gasteiger partial charge on any atom is 0.289 e. The van der Waals surface area contributed by atoms with E-state index in [0.29, 0.717) is 26.2 Å². The third-order valence-corrected chi connectivity index (χ3v) is 3.61. The van der Waals surface area contributed by atoms with Crippen molar-refractivity contribution >= 4 is 0 Å². The van der Waals surface area contributed by atoms with Gasteiger partial charge in [0, 0.05) is 29.4 Å². The summed E-state index contributed by atoms with van der Waals surface area (Å²) >= 11 is 0. The molecule has 0 spiro atoms. The number of nitrogens with zero attached hydrogens (tertiary/aromatic N) is 3. The van der Waals surface area contributed by atoms with Crippen LogP contribution in [0.25, 0.3) is 0 Å². The van der Waals surface area contributed by atoms with Gasteiger partial charge in [0.15, 0.2) is 0 Å². The average Bonchev–Trinajstić information content (AvgIpc) is 2.56. The third kappa shape index (κ3) is 7.14. The van der Waals surface area contributed by atoms with Crippen molar-refractivity contribution in [2.24, 2.45) is 0 Å². The van der Waals surface area contributed by atoms with Crippen LogP contribution in [0.1, 0.15) is 13.3 Å². The summed E-state index contributed by atoms with van der Waals surface area (Å²) in [5, 5.41) is 45.7. The van der Waals surface area contributed by atoms with Crippen molar-refractivity contribution < 1.29 is 29.9 Å². The average molecular weight is 339 g/mol. The van der Waals surface area contributed by atoms with Gasteiger partial charge in [0.2, 0.25) is 6.04 Å². The summed E-state index contributed by atoms with van der Waals surface area (Å²) in [6, 6.07) is -0.418. The van der Waals surface area contributed by atoms with Gasteiger partial charge >= 0.3 is 0 Å². The zero-order valence-electron chi connectivity index (χ0n) is 13.2. The number of aliphatic hydroxyl groups is 3. The predicted octanol–water partition coefficient (Wildman–Crippen LogP) is -1.65. The van der Waals surface area contributed by atoms with Gasteiger partial charge in [-0.3, -0.25) is 25.1 Å². The fourth-order valence-corrected chi connectivity index (χ4v) is 1.75. The molecule has 0 amide bonds. The van der Waals surface area contributed by atoms with Crippen LogP contribution < -0.4 is 0 Å². The van der Waals surface area contributed by atoms with E-state index in [1.54, 1.807) is 0 Å². The highest BCUT2D eigenvalue weighted by atomic mass is 16.6. The van der Waals surface area contributed by atoms with E-state index in [1.165, 1.54) is 0 Å². The van der Waals surface area contributed by atoms with Crippen LogP contribution in [0.2, 0.25) is 0 Å². The first-order chi connectivity index (χ1) is 10.9. The van der Waals surface area contributed by atoms with E-state index >= 15 is 0 Å². The Labute approximate surface area is 133 Å². The number of nitro groups is 2. The van der Waals surface area contributed by atoms with E-state index in [4.69, 9.17) is 20.1 Å². The molecular formula is C12H25N3O8. The summed E-state index contributed by atoms with van der Waals surface area (Å²) in [5.41, 5.74) is -1.99. The molecule has 136 valence electrons. The molecule has 1 heterocycles. The molecule has 1 atom stereocenters. The lowest BCUT2D eigenvalue weighted by atomic mass is 10.1. The SMILES string of the molecule is CCC(CN1CCOCC1)[N+](=O)[O-].O=[N+]([O-])C(CO)(CO)CO. The lowest BCUT2D eigenvalue weighted by molar-refractivity contribution is -0.580. The van der Waals surface area contributed by atoms with Crippen LogP contribution in [-0.4, -0.2) is 94.3 Å². The van der Waals surface area contributed by atoms with Crippen LogP contribution in [-0.2, 0) is 4.74 Å². The second-order valence-electron chi connectivity index (χ2n) is 5.22. The van der Waals surface area contributed by atoms with E-state index in [0.717, 1.165) is 13.1 Å². The highest BCUT2D eigenvalue weighted by molar-refractivity contribution is 4.75. The molecule has 0 radical (unpaired) electrons. The second-order valence-corrected chi connectivity index (χ2v) is 5.22. The number of hydrogen-bond donors (Lipinski definition) is 3. The summed E-state index contributed by atoms with van der Waals surface area (Å²) in [7, 11) is 0. The minimum absolute atomic E-state index is 0.185. The summed E-state index contributed by atoms with van der Waals surface area (Å²) < 4.78 is 5.16. The molecule has 1 fully saturated rings. The Balaban J connectivity index is 0.000000438. The normalized spacial score (nSPS) is 17.0. The van der Waals surface area contributed by atoms with Gasteiger partial charge in [-0.15, -0.1) is 0 Å². The van der Waals surface area contributed by atoms with Crippen LogP contribution in [0.4, 0.5) is 0 Å². The molecule has 1 rings (SSSR count). The molecule has 11 heteroatoms. The highest BCUT2D eigenvalue weighted by Gasteiger charge is 2.41. The van der Waals surface area contributed by atoms with Crippen molar-refractivity contribution in [1.82, 2.24) is 4.90 Å². The molecule has 0 bridgehead atoms. The van der Waals surface area contributed by atoms with Gasteiger partial charge < -0.3 is 20.1 Å². The predicted molar refractivity (Wildman–Crippen MR) is 79.3 cm³/mol. The topological polar surface area (TPSA) is 159 Å². The fraction of sp³-hybridized carbons (Fsp3) is 1.00. The Kier molecular flexibility index (Phi) is 10.5. The van der Waals surface area contributed by atoms with Crippen molar-refractivity contribution in [3.63, 3.8) is 0 Å². The van der Waals surface area contributed by atoms with E-state index in [2.05, 4.69) is 4.90 Å². The van der Waals surface area contributed by atoms with Crippen LogP contribution >= 0.6 is 0 Å². The quantitative estimate of drug-likeness (QED) is 0.348. The molecular weight excluding hydrogens is 314 g/mol. The van der Waals surface area contributed by atoms with Gasteiger partial charge in [-0.25, -0.2) is 0 Å². The lowest BCUT2D eigenvalue weighted by Crippen LogP contribution is -2.49. The molecule has 1 unspecified atom stereocenters. The van der Waals surface area contributed by atoms with Crippen molar-refractivity contribution in [3.05, 3.63) is 20.2 Å². The molecule has 0 aromatic rings. The molecule has 11 nitrogen and oxygen atoms in total. The van der Waals surface area contributed by atoms with Gasteiger partial charge in [-0.2, -0.15) is 0 Å². The molecule has 1 aliphatic heterocycles. The Morgan fingerprint density at radius 2 is 1.61 bits per heavy atom. The summed E-state index contributed by atoms with van der Waals surface area (Å²) in [5.74, 6) is 0. The molecule has 1 saturated heterocycles. The molecule has 0 aliphatic carbocycles. The minimum Gasteiger partial charge on any atom is -0.389 e. The number of morpholine rings is 1. The van der Waals surface area contributed by atoms with Crippen molar-refractivity contribution in [2.75, 3.05) is 52.7 Å².